The molecule has 3 aromatic rings. The molecule has 3 heterocycles. The van der Waals surface area contributed by atoms with Crippen LogP contribution in [0.2, 0.25) is 0 Å². The van der Waals surface area contributed by atoms with E-state index in [0.29, 0.717) is 31.1 Å². The highest BCUT2D eigenvalue weighted by Crippen LogP contribution is 2.26. The first-order valence-corrected chi connectivity index (χ1v) is 8.97. The average Bonchev–Trinajstić information content (AvgIpc) is 3.36. The Morgan fingerprint density at radius 1 is 1.23 bits per heavy atom. The fourth-order valence-corrected chi connectivity index (χ4v) is 3.61. The standard InChI is InChI=1S/C17H17N5O2S.ClH/c18-9-11-3-5-12(6-4-11)16-20-14(24-21-16)8-13-10-25-17(19-13)22-7-1-2-15(22)23;/h3-6,10H,1-2,7-9,18H2;1H. The number of benzene rings is 1. The summed E-state index contributed by atoms with van der Waals surface area (Å²) in [5, 5.41) is 6.70. The molecule has 9 heteroatoms. The maximum absolute atomic E-state index is 11.8. The Morgan fingerprint density at radius 2 is 2.04 bits per heavy atom. The Bertz CT molecular complexity index is 893. The van der Waals surface area contributed by atoms with E-state index in [1.54, 1.807) is 4.90 Å². The Labute approximate surface area is 160 Å². The quantitative estimate of drug-likeness (QED) is 0.718. The molecule has 0 atom stereocenters. The molecule has 26 heavy (non-hydrogen) atoms. The fraction of sp³-hybridized carbons (Fsp3) is 0.294. The second-order valence-electron chi connectivity index (χ2n) is 5.86. The molecule has 4 rings (SSSR count). The van der Waals surface area contributed by atoms with Crippen molar-refractivity contribution in [3.8, 4) is 11.4 Å². The summed E-state index contributed by atoms with van der Waals surface area (Å²) in [7, 11) is 0. The van der Waals surface area contributed by atoms with Gasteiger partial charge < -0.3 is 10.3 Å². The Balaban J connectivity index is 0.00000196. The van der Waals surface area contributed by atoms with Gasteiger partial charge in [-0.3, -0.25) is 9.69 Å². The molecule has 136 valence electrons. The van der Waals surface area contributed by atoms with Gasteiger partial charge in [-0.25, -0.2) is 4.98 Å². The van der Waals surface area contributed by atoms with E-state index in [0.717, 1.165) is 34.9 Å². The molecular formula is C17H18ClN5O2S. The van der Waals surface area contributed by atoms with Crippen molar-refractivity contribution in [1.82, 2.24) is 15.1 Å². The molecule has 0 spiro atoms. The van der Waals surface area contributed by atoms with Gasteiger partial charge in [0, 0.05) is 30.5 Å². The first-order chi connectivity index (χ1) is 12.2. The molecule has 0 bridgehead atoms. The topological polar surface area (TPSA) is 98.1 Å². The zero-order chi connectivity index (χ0) is 17.2. The van der Waals surface area contributed by atoms with Crippen molar-refractivity contribution in [2.24, 2.45) is 5.73 Å². The lowest BCUT2D eigenvalue weighted by Crippen LogP contribution is -2.23. The Kier molecular flexibility index (Phi) is 5.65. The molecule has 0 radical (unpaired) electrons. The van der Waals surface area contributed by atoms with Crippen molar-refractivity contribution in [3.63, 3.8) is 0 Å². The molecule has 0 aliphatic carbocycles. The van der Waals surface area contributed by atoms with Gasteiger partial charge in [-0.15, -0.1) is 23.7 Å². The minimum atomic E-state index is 0. The van der Waals surface area contributed by atoms with Gasteiger partial charge in [-0.05, 0) is 12.0 Å². The number of nitrogens with two attached hydrogens (primary N) is 1. The van der Waals surface area contributed by atoms with E-state index in [-0.39, 0.29) is 18.3 Å². The van der Waals surface area contributed by atoms with Gasteiger partial charge in [0.1, 0.15) is 0 Å². The first kappa shape index (κ1) is 18.5. The highest BCUT2D eigenvalue weighted by atomic mass is 35.5. The van der Waals surface area contributed by atoms with Crippen LogP contribution in [0.25, 0.3) is 11.4 Å². The monoisotopic (exact) mass is 391 g/mol. The third-order valence-electron chi connectivity index (χ3n) is 4.09. The lowest BCUT2D eigenvalue weighted by Gasteiger charge is -2.10. The molecule has 7 nitrogen and oxygen atoms in total. The zero-order valence-corrected chi connectivity index (χ0v) is 15.6. The molecule has 1 amide bonds. The van der Waals surface area contributed by atoms with E-state index in [2.05, 4.69) is 15.1 Å². The van der Waals surface area contributed by atoms with Gasteiger partial charge in [-0.2, -0.15) is 4.98 Å². The van der Waals surface area contributed by atoms with Crippen molar-refractivity contribution in [2.45, 2.75) is 25.8 Å². The molecule has 1 fully saturated rings. The third-order valence-corrected chi connectivity index (χ3v) is 5.00. The van der Waals surface area contributed by atoms with Crippen LogP contribution in [0.3, 0.4) is 0 Å². The predicted octanol–water partition coefficient (Wildman–Crippen LogP) is 2.79. The number of aromatic nitrogens is 3. The van der Waals surface area contributed by atoms with Crippen molar-refractivity contribution < 1.29 is 9.32 Å². The summed E-state index contributed by atoms with van der Waals surface area (Å²) >= 11 is 1.47. The number of hydrogen-bond acceptors (Lipinski definition) is 7. The number of halogens is 1. The van der Waals surface area contributed by atoms with Crippen molar-refractivity contribution in [1.29, 1.82) is 0 Å². The number of thiazole rings is 1. The molecular weight excluding hydrogens is 374 g/mol. The normalized spacial score (nSPS) is 13.9. The highest BCUT2D eigenvalue weighted by Gasteiger charge is 2.24. The summed E-state index contributed by atoms with van der Waals surface area (Å²) in [6, 6.07) is 7.75. The van der Waals surface area contributed by atoms with Crippen LogP contribution in [0.1, 0.15) is 30.0 Å². The van der Waals surface area contributed by atoms with Crippen LogP contribution in [-0.2, 0) is 17.8 Å². The number of carbonyl (C=O) groups excluding carboxylic acids is 1. The van der Waals surface area contributed by atoms with Crippen molar-refractivity contribution in [3.05, 3.63) is 46.8 Å². The molecule has 1 aromatic carbocycles. The summed E-state index contributed by atoms with van der Waals surface area (Å²) in [4.78, 5) is 22.5. The summed E-state index contributed by atoms with van der Waals surface area (Å²) in [6.07, 6.45) is 1.95. The number of rotatable bonds is 5. The van der Waals surface area contributed by atoms with Gasteiger partial charge in [0.2, 0.25) is 17.6 Å². The average molecular weight is 392 g/mol. The molecule has 0 saturated carbocycles. The van der Waals surface area contributed by atoms with Crippen LogP contribution in [0.15, 0.2) is 34.2 Å². The number of nitrogens with zero attached hydrogens (tertiary/aromatic N) is 4. The van der Waals surface area contributed by atoms with E-state index >= 15 is 0 Å². The number of anilines is 1. The molecule has 1 aliphatic rings. The number of carbonyl (C=O) groups is 1. The van der Waals surface area contributed by atoms with E-state index in [9.17, 15) is 4.79 Å². The van der Waals surface area contributed by atoms with Gasteiger partial charge in [0.25, 0.3) is 0 Å². The smallest absolute Gasteiger partial charge is 0.233 e. The third kappa shape index (κ3) is 3.77. The summed E-state index contributed by atoms with van der Waals surface area (Å²) < 4.78 is 5.33. The first-order valence-electron chi connectivity index (χ1n) is 8.09. The summed E-state index contributed by atoms with van der Waals surface area (Å²) in [6.45, 7) is 1.25. The van der Waals surface area contributed by atoms with Gasteiger partial charge in [0.05, 0.1) is 12.1 Å². The van der Waals surface area contributed by atoms with Gasteiger partial charge in [0.15, 0.2) is 5.13 Å². The van der Waals surface area contributed by atoms with Crippen molar-refractivity contribution in [2.75, 3.05) is 11.4 Å². The van der Waals surface area contributed by atoms with Gasteiger partial charge >= 0.3 is 0 Å². The molecule has 1 saturated heterocycles. The minimum Gasteiger partial charge on any atom is -0.339 e. The van der Waals surface area contributed by atoms with E-state index < -0.39 is 0 Å². The second kappa shape index (κ2) is 7.94. The SMILES string of the molecule is Cl.NCc1ccc(-c2noc(Cc3csc(N4CCCC4=O)n3)n2)cc1. The second-order valence-corrected chi connectivity index (χ2v) is 6.70. The maximum Gasteiger partial charge on any atom is 0.233 e. The number of amides is 1. The van der Waals surface area contributed by atoms with Crippen LogP contribution >= 0.6 is 23.7 Å². The Hall–Kier alpha value is -2.29. The van der Waals surface area contributed by atoms with Crippen LogP contribution in [-0.4, -0.2) is 27.6 Å². The maximum atomic E-state index is 11.8. The Morgan fingerprint density at radius 3 is 2.73 bits per heavy atom. The zero-order valence-electron chi connectivity index (χ0n) is 13.9. The van der Waals surface area contributed by atoms with Crippen LogP contribution in [0.5, 0.6) is 0 Å². The minimum absolute atomic E-state index is 0. The molecule has 1 aliphatic heterocycles. The lowest BCUT2D eigenvalue weighted by atomic mass is 10.1. The largest absolute Gasteiger partial charge is 0.339 e. The van der Waals surface area contributed by atoms with E-state index in [4.69, 9.17) is 10.3 Å². The van der Waals surface area contributed by atoms with E-state index in [1.165, 1.54) is 11.3 Å². The fourth-order valence-electron chi connectivity index (χ4n) is 2.74. The van der Waals surface area contributed by atoms with E-state index in [1.807, 2.05) is 29.6 Å². The van der Waals surface area contributed by atoms with Crippen LogP contribution < -0.4 is 10.6 Å². The molecule has 2 N–H and O–H groups in total. The van der Waals surface area contributed by atoms with Crippen molar-refractivity contribution >= 4 is 34.8 Å². The van der Waals surface area contributed by atoms with Crippen LogP contribution in [0, 0.1) is 0 Å². The van der Waals surface area contributed by atoms with Crippen LogP contribution in [0.4, 0.5) is 5.13 Å². The summed E-state index contributed by atoms with van der Waals surface area (Å²) in [5.41, 5.74) is 8.37. The summed E-state index contributed by atoms with van der Waals surface area (Å²) in [5.74, 6) is 1.19. The number of hydrogen-bond donors (Lipinski definition) is 1. The molecule has 0 unspecified atom stereocenters. The lowest BCUT2D eigenvalue weighted by molar-refractivity contribution is -0.117. The van der Waals surface area contributed by atoms with Gasteiger partial charge in [-0.1, -0.05) is 29.4 Å². The highest BCUT2D eigenvalue weighted by molar-refractivity contribution is 7.14. The molecule has 2 aromatic heterocycles. The predicted molar refractivity (Wildman–Crippen MR) is 101 cm³/mol.